The number of benzene rings is 2. The van der Waals surface area contributed by atoms with Gasteiger partial charge in [-0.15, -0.1) is 5.10 Å². The fourth-order valence-electron chi connectivity index (χ4n) is 4.52. The van der Waals surface area contributed by atoms with E-state index in [2.05, 4.69) is 50.3 Å². The second kappa shape index (κ2) is 9.40. The summed E-state index contributed by atoms with van der Waals surface area (Å²) in [7, 11) is 0. The first-order valence-corrected chi connectivity index (χ1v) is 11.8. The third-order valence-electron chi connectivity index (χ3n) is 6.40. The molecule has 0 saturated carbocycles. The van der Waals surface area contributed by atoms with Crippen LogP contribution in [0.25, 0.3) is 5.69 Å². The van der Waals surface area contributed by atoms with Gasteiger partial charge in [0.05, 0.1) is 11.3 Å². The first-order chi connectivity index (χ1) is 15.7. The van der Waals surface area contributed by atoms with E-state index in [1.54, 1.807) is 23.0 Å². The van der Waals surface area contributed by atoms with Crippen LogP contribution in [0.15, 0.2) is 47.6 Å². The van der Waals surface area contributed by atoms with Gasteiger partial charge in [-0.3, -0.25) is 9.62 Å². The van der Waals surface area contributed by atoms with Crippen LogP contribution in [-0.4, -0.2) is 56.8 Å². The zero-order valence-corrected chi connectivity index (χ0v) is 18.8. The first kappa shape index (κ1) is 21.1. The number of tetrazole rings is 1. The quantitative estimate of drug-likeness (QED) is 0.414. The van der Waals surface area contributed by atoms with Crippen molar-refractivity contribution in [3.05, 3.63) is 65.0 Å². The molecule has 1 atom stereocenters. The Bertz CT molecular complexity index is 1090. The Labute approximate surface area is 191 Å². The summed E-state index contributed by atoms with van der Waals surface area (Å²) in [6.45, 7) is 5.65. The lowest BCUT2D eigenvalue weighted by Gasteiger charge is -2.25. The minimum absolute atomic E-state index is 0.192. The minimum atomic E-state index is -0.192. The van der Waals surface area contributed by atoms with Crippen molar-refractivity contribution in [1.82, 2.24) is 29.8 Å². The van der Waals surface area contributed by atoms with E-state index in [0.29, 0.717) is 12.6 Å². The minimum Gasteiger partial charge on any atom is -0.457 e. The first-order valence-electron chi connectivity index (χ1n) is 10.9. The highest BCUT2D eigenvalue weighted by atomic mass is 32.2. The van der Waals surface area contributed by atoms with Gasteiger partial charge >= 0.3 is 5.97 Å². The number of nitrogens with zero attached hydrogens (tertiary/aromatic N) is 5. The average Bonchev–Trinajstić information content (AvgIpc) is 3.56. The highest BCUT2D eigenvalue weighted by molar-refractivity contribution is 7.97. The number of cyclic esters (lactones) is 1. The van der Waals surface area contributed by atoms with Crippen molar-refractivity contribution in [3.63, 3.8) is 0 Å². The van der Waals surface area contributed by atoms with Gasteiger partial charge in [0.2, 0.25) is 0 Å². The Morgan fingerprint density at radius 1 is 1.22 bits per heavy atom. The molecule has 2 aliphatic rings. The van der Waals surface area contributed by atoms with Gasteiger partial charge in [-0.1, -0.05) is 6.07 Å². The number of aromatic nitrogens is 4. The van der Waals surface area contributed by atoms with Gasteiger partial charge in [0.25, 0.3) is 0 Å². The number of likely N-dealkylation sites (tertiary alicyclic amines) is 1. The molecule has 166 valence electrons. The predicted octanol–water partition coefficient (Wildman–Crippen LogP) is 2.94. The highest BCUT2D eigenvalue weighted by Crippen LogP contribution is 2.27. The lowest BCUT2D eigenvalue weighted by molar-refractivity contribution is 0.0535. The summed E-state index contributed by atoms with van der Waals surface area (Å²) in [5, 5.41) is 11.3. The zero-order chi connectivity index (χ0) is 21.9. The number of ether oxygens (including phenoxy) is 1. The predicted molar refractivity (Wildman–Crippen MR) is 122 cm³/mol. The molecule has 1 N–H and O–H groups in total. The molecule has 32 heavy (non-hydrogen) atoms. The lowest BCUT2D eigenvalue weighted by Crippen LogP contribution is -2.37. The van der Waals surface area contributed by atoms with E-state index in [4.69, 9.17) is 4.74 Å². The summed E-state index contributed by atoms with van der Waals surface area (Å²) >= 11 is 1.66. The van der Waals surface area contributed by atoms with Gasteiger partial charge in [-0.25, -0.2) is 9.48 Å². The number of carbonyl (C=O) groups excluding carboxylic acids is 1. The van der Waals surface area contributed by atoms with E-state index < -0.39 is 0 Å². The van der Waals surface area contributed by atoms with Gasteiger partial charge in [0.15, 0.2) is 0 Å². The topological polar surface area (TPSA) is 85.2 Å². The maximum atomic E-state index is 11.8. The van der Waals surface area contributed by atoms with E-state index in [1.807, 2.05) is 18.2 Å². The van der Waals surface area contributed by atoms with Crippen LogP contribution in [0, 0.1) is 6.92 Å². The van der Waals surface area contributed by atoms with Crippen molar-refractivity contribution in [2.75, 3.05) is 19.6 Å². The van der Waals surface area contributed by atoms with Crippen LogP contribution in [0.1, 0.15) is 39.9 Å². The van der Waals surface area contributed by atoms with Gasteiger partial charge in [0, 0.05) is 29.6 Å². The Hall–Kier alpha value is -2.75. The molecule has 1 aromatic heterocycles. The van der Waals surface area contributed by atoms with Crippen LogP contribution < -0.4 is 4.72 Å². The van der Waals surface area contributed by atoms with Crippen molar-refractivity contribution in [3.8, 4) is 5.69 Å². The molecule has 9 heteroatoms. The van der Waals surface area contributed by atoms with Crippen LogP contribution in [0.3, 0.4) is 0 Å². The summed E-state index contributed by atoms with van der Waals surface area (Å²) in [6.07, 6.45) is 5.04. The molecule has 0 amide bonds. The van der Waals surface area contributed by atoms with E-state index in [1.165, 1.54) is 24.0 Å². The van der Waals surface area contributed by atoms with E-state index in [-0.39, 0.29) is 5.97 Å². The Kier molecular flexibility index (Phi) is 6.20. The van der Waals surface area contributed by atoms with Crippen molar-refractivity contribution in [2.24, 2.45) is 0 Å². The van der Waals surface area contributed by atoms with Crippen LogP contribution in [0.4, 0.5) is 0 Å². The maximum Gasteiger partial charge on any atom is 0.338 e. The molecule has 2 aromatic carbocycles. The van der Waals surface area contributed by atoms with Crippen LogP contribution in [-0.2, 0) is 17.8 Å². The summed E-state index contributed by atoms with van der Waals surface area (Å²) in [5.74, 6) is -0.192. The molecule has 1 unspecified atom stereocenters. The maximum absolute atomic E-state index is 11.8. The molecule has 3 aromatic rings. The Morgan fingerprint density at radius 3 is 2.91 bits per heavy atom. The summed E-state index contributed by atoms with van der Waals surface area (Å²) in [4.78, 5) is 15.5. The smallest absolute Gasteiger partial charge is 0.338 e. The highest BCUT2D eigenvalue weighted by Gasteiger charge is 2.26. The molecule has 1 saturated heterocycles. The van der Waals surface area contributed by atoms with Crippen LogP contribution >= 0.6 is 11.9 Å². The molecule has 3 heterocycles. The second-order valence-electron chi connectivity index (χ2n) is 8.23. The number of hydrogen-bond donors (Lipinski definition) is 1. The third kappa shape index (κ3) is 4.41. The number of fused-ring (bicyclic) bond motifs is 1. The molecule has 1 fully saturated rings. The van der Waals surface area contributed by atoms with E-state index >= 15 is 0 Å². The number of carbonyl (C=O) groups is 1. The van der Waals surface area contributed by atoms with Gasteiger partial charge in [0.1, 0.15) is 12.9 Å². The van der Waals surface area contributed by atoms with Crippen molar-refractivity contribution in [2.45, 2.75) is 43.7 Å². The Morgan fingerprint density at radius 2 is 2.09 bits per heavy atom. The third-order valence-corrected chi connectivity index (χ3v) is 7.22. The molecule has 0 aliphatic carbocycles. The van der Waals surface area contributed by atoms with Gasteiger partial charge in [-0.2, -0.15) is 0 Å². The lowest BCUT2D eigenvalue weighted by atomic mass is 9.96. The molecule has 5 rings (SSSR count). The zero-order valence-electron chi connectivity index (χ0n) is 18.0. The van der Waals surface area contributed by atoms with E-state index in [9.17, 15) is 4.79 Å². The largest absolute Gasteiger partial charge is 0.457 e. The van der Waals surface area contributed by atoms with E-state index in [0.717, 1.165) is 47.8 Å². The molecule has 2 aliphatic heterocycles. The Balaban J connectivity index is 1.12. The number of esters is 1. The van der Waals surface area contributed by atoms with Gasteiger partial charge < -0.3 is 4.74 Å². The van der Waals surface area contributed by atoms with Crippen LogP contribution in [0.2, 0.25) is 0 Å². The molecule has 0 bridgehead atoms. The number of nitrogens with one attached hydrogen (secondary N) is 1. The summed E-state index contributed by atoms with van der Waals surface area (Å²) < 4.78 is 10.4. The molecule has 0 radical (unpaired) electrons. The van der Waals surface area contributed by atoms with Crippen molar-refractivity contribution < 1.29 is 9.53 Å². The second-order valence-corrected chi connectivity index (χ2v) is 9.20. The average molecular weight is 451 g/mol. The molecular formula is C23H26N6O2S. The number of rotatable bonds is 8. The van der Waals surface area contributed by atoms with Gasteiger partial charge in [-0.05, 0) is 96.6 Å². The number of hydrogen-bond acceptors (Lipinski definition) is 8. The summed E-state index contributed by atoms with van der Waals surface area (Å²) in [5.41, 5.74) is 5.27. The fraction of sp³-hybridized carbons (Fsp3) is 0.391. The molecular weight excluding hydrogens is 424 g/mol. The summed E-state index contributed by atoms with van der Waals surface area (Å²) in [6, 6.07) is 12.7. The standard InChI is InChI=1S/C23H26N6O2S/c1-16-17(4-9-21-22(16)14-31-23(21)30)10-12-28-11-2-3-19(28)13-25-32-20-7-5-18(6-8-20)29-15-24-26-27-29/h4-9,15,19,25H,2-3,10-14H2,1H3. The molecule has 8 nitrogen and oxygen atoms in total. The van der Waals surface area contributed by atoms with Crippen molar-refractivity contribution in [1.29, 1.82) is 0 Å². The SMILES string of the molecule is Cc1c(CCN2CCCC2CNSc2ccc(-n3cnnn3)cc2)ccc2c1COC2=O. The monoisotopic (exact) mass is 450 g/mol. The van der Waals surface area contributed by atoms with Crippen molar-refractivity contribution >= 4 is 17.9 Å². The van der Waals surface area contributed by atoms with Crippen LogP contribution in [0.5, 0.6) is 0 Å². The fourth-order valence-corrected chi connectivity index (χ4v) is 5.24. The molecule has 0 spiro atoms. The normalized spacial score (nSPS) is 18.2.